The van der Waals surface area contributed by atoms with Gasteiger partial charge in [0, 0.05) is 51.2 Å². The lowest BCUT2D eigenvalue weighted by Crippen LogP contribution is -2.50. The van der Waals surface area contributed by atoms with Crippen molar-refractivity contribution in [2.75, 3.05) is 26.2 Å². The van der Waals surface area contributed by atoms with Crippen LogP contribution in [0.1, 0.15) is 12.2 Å². The standard InChI is InChI=1S/C17H19N3O6S/c21-17(7-6-15-4-2-12-26-15)18-8-10-19(11-9-18)27(24,25)16-5-1-3-14(13-16)20(22)23/h1-5,12-13H,6-11H2. The summed E-state index contributed by atoms with van der Waals surface area (Å²) in [5, 5.41) is 10.9. The fourth-order valence-corrected chi connectivity index (χ4v) is 4.39. The van der Waals surface area contributed by atoms with Crippen LogP contribution in [0, 0.1) is 10.1 Å². The minimum absolute atomic E-state index is 0.0567. The number of benzene rings is 1. The summed E-state index contributed by atoms with van der Waals surface area (Å²) in [4.78, 5) is 24.0. The van der Waals surface area contributed by atoms with Gasteiger partial charge in [-0.2, -0.15) is 4.31 Å². The van der Waals surface area contributed by atoms with E-state index < -0.39 is 14.9 Å². The van der Waals surface area contributed by atoms with E-state index in [1.54, 1.807) is 23.3 Å². The lowest BCUT2D eigenvalue weighted by molar-refractivity contribution is -0.385. The molecule has 1 aliphatic rings. The summed E-state index contributed by atoms with van der Waals surface area (Å²) in [6.07, 6.45) is 2.35. The zero-order valence-corrected chi connectivity index (χ0v) is 15.3. The molecule has 1 aromatic heterocycles. The van der Waals surface area contributed by atoms with Gasteiger partial charge >= 0.3 is 0 Å². The summed E-state index contributed by atoms with van der Waals surface area (Å²) in [7, 11) is -3.84. The molecule has 10 heteroatoms. The van der Waals surface area contributed by atoms with E-state index in [0.717, 1.165) is 11.8 Å². The topological polar surface area (TPSA) is 114 Å². The van der Waals surface area contributed by atoms with E-state index in [9.17, 15) is 23.3 Å². The third-order valence-corrected chi connectivity index (χ3v) is 6.32. The van der Waals surface area contributed by atoms with Crippen molar-refractivity contribution in [1.82, 2.24) is 9.21 Å². The predicted molar refractivity (Wildman–Crippen MR) is 95.5 cm³/mol. The van der Waals surface area contributed by atoms with Crippen LogP contribution in [-0.4, -0.2) is 54.6 Å². The van der Waals surface area contributed by atoms with Crippen LogP contribution < -0.4 is 0 Å². The first kappa shape index (κ1) is 19.1. The van der Waals surface area contributed by atoms with Crippen LogP contribution in [0.4, 0.5) is 5.69 Å². The van der Waals surface area contributed by atoms with E-state index in [0.29, 0.717) is 12.8 Å². The molecule has 27 heavy (non-hydrogen) atoms. The zero-order valence-electron chi connectivity index (χ0n) is 14.5. The number of nitrogens with zero attached hydrogens (tertiary/aromatic N) is 3. The Morgan fingerprint density at radius 3 is 2.52 bits per heavy atom. The number of sulfonamides is 1. The number of hydrogen-bond acceptors (Lipinski definition) is 6. The van der Waals surface area contributed by atoms with Gasteiger partial charge < -0.3 is 9.32 Å². The van der Waals surface area contributed by atoms with Gasteiger partial charge in [0.05, 0.1) is 16.1 Å². The number of non-ortho nitro benzene ring substituents is 1. The molecule has 0 radical (unpaired) electrons. The zero-order chi connectivity index (χ0) is 19.4. The Kier molecular flexibility index (Phi) is 5.57. The molecule has 1 saturated heterocycles. The quantitative estimate of drug-likeness (QED) is 0.545. The molecule has 9 nitrogen and oxygen atoms in total. The number of furan rings is 1. The Morgan fingerprint density at radius 2 is 1.89 bits per heavy atom. The van der Waals surface area contributed by atoms with Crippen molar-refractivity contribution in [2.24, 2.45) is 0 Å². The Hall–Kier alpha value is -2.72. The fourth-order valence-electron chi connectivity index (χ4n) is 2.93. The van der Waals surface area contributed by atoms with Gasteiger partial charge in [-0.3, -0.25) is 14.9 Å². The summed E-state index contributed by atoms with van der Waals surface area (Å²) < 4.78 is 31.9. The second kappa shape index (κ2) is 7.89. The molecule has 1 aliphatic heterocycles. The number of carbonyl (C=O) groups excluding carboxylic acids is 1. The minimum atomic E-state index is -3.84. The summed E-state index contributed by atoms with van der Waals surface area (Å²) in [6, 6.07) is 8.54. The van der Waals surface area contributed by atoms with Crippen molar-refractivity contribution >= 4 is 21.6 Å². The van der Waals surface area contributed by atoms with Crippen molar-refractivity contribution in [2.45, 2.75) is 17.7 Å². The van der Waals surface area contributed by atoms with E-state index in [2.05, 4.69) is 0 Å². The number of nitro benzene ring substituents is 1. The maximum atomic E-state index is 12.7. The second-order valence-corrected chi connectivity index (χ2v) is 8.06. The van der Waals surface area contributed by atoms with Crippen LogP contribution in [0.5, 0.6) is 0 Å². The number of piperazine rings is 1. The third-order valence-electron chi connectivity index (χ3n) is 4.42. The summed E-state index contributed by atoms with van der Waals surface area (Å²) in [5.41, 5.74) is -0.275. The molecule has 1 fully saturated rings. The van der Waals surface area contributed by atoms with Gasteiger partial charge in [-0.05, 0) is 18.2 Å². The summed E-state index contributed by atoms with van der Waals surface area (Å²) in [6.45, 7) is 0.866. The maximum Gasteiger partial charge on any atom is 0.270 e. The predicted octanol–water partition coefficient (Wildman–Crippen LogP) is 1.65. The molecular formula is C17H19N3O6S. The van der Waals surface area contributed by atoms with E-state index in [-0.39, 0.29) is 42.7 Å². The summed E-state index contributed by atoms with van der Waals surface area (Å²) >= 11 is 0. The Balaban J connectivity index is 1.60. The van der Waals surface area contributed by atoms with Crippen molar-refractivity contribution in [3.05, 3.63) is 58.5 Å². The molecule has 0 N–H and O–H groups in total. The molecule has 2 heterocycles. The lowest BCUT2D eigenvalue weighted by Gasteiger charge is -2.34. The smallest absolute Gasteiger partial charge is 0.270 e. The van der Waals surface area contributed by atoms with E-state index in [1.165, 1.54) is 22.5 Å². The van der Waals surface area contributed by atoms with Crippen molar-refractivity contribution in [3.63, 3.8) is 0 Å². The highest BCUT2D eigenvalue weighted by atomic mass is 32.2. The molecule has 0 bridgehead atoms. The van der Waals surface area contributed by atoms with Gasteiger partial charge in [0.2, 0.25) is 15.9 Å². The minimum Gasteiger partial charge on any atom is -0.469 e. The molecular weight excluding hydrogens is 374 g/mol. The molecule has 1 amide bonds. The number of nitro groups is 1. The largest absolute Gasteiger partial charge is 0.469 e. The highest BCUT2D eigenvalue weighted by Gasteiger charge is 2.30. The Bertz CT molecular complexity index is 918. The maximum absolute atomic E-state index is 12.7. The van der Waals surface area contributed by atoms with Crippen LogP contribution >= 0.6 is 0 Å². The van der Waals surface area contributed by atoms with Gasteiger partial charge in [-0.1, -0.05) is 6.07 Å². The number of aryl methyl sites for hydroxylation is 1. The molecule has 0 aliphatic carbocycles. The van der Waals surface area contributed by atoms with Gasteiger partial charge in [0.1, 0.15) is 5.76 Å². The monoisotopic (exact) mass is 393 g/mol. The summed E-state index contributed by atoms with van der Waals surface area (Å²) in [5.74, 6) is 0.675. The van der Waals surface area contributed by atoms with Crippen LogP contribution in [0.2, 0.25) is 0 Å². The Labute approximate surface area is 156 Å². The van der Waals surface area contributed by atoms with Crippen LogP contribution in [0.15, 0.2) is 52.0 Å². The average molecular weight is 393 g/mol. The molecule has 144 valence electrons. The SMILES string of the molecule is O=C(CCc1ccco1)N1CCN(S(=O)(=O)c2cccc([N+](=O)[O-])c2)CC1. The number of rotatable bonds is 6. The van der Waals surface area contributed by atoms with Crippen LogP contribution in [0.25, 0.3) is 0 Å². The molecule has 0 unspecified atom stereocenters. The highest BCUT2D eigenvalue weighted by Crippen LogP contribution is 2.22. The fraction of sp³-hybridized carbons (Fsp3) is 0.353. The molecule has 0 atom stereocenters. The molecule has 2 aromatic rings. The van der Waals surface area contributed by atoms with Crippen molar-refractivity contribution < 1.29 is 22.6 Å². The van der Waals surface area contributed by atoms with E-state index >= 15 is 0 Å². The van der Waals surface area contributed by atoms with Gasteiger partial charge in [0.25, 0.3) is 5.69 Å². The Morgan fingerprint density at radius 1 is 1.15 bits per heavy atom. The van der Waals surface area contributed by atoms with Crippen LogP contribution in [-0.2, 0) is 21.2 Å². The number of hydrogen-bond donors (Lipinski definition) is 0. The number of amides is 1. The highest BCUT2D eigenvalue weighted by molar-refractivity contribution is 7.89. The molecule has 3 rings (SSSR count). The first-order valence-corrected chi connectivity index (χ1v) is 9.87. The average Bonchev–Trinajstić information content (AvgIpc) is 3.20. The second-order valence-electron chi connectivity index (χ2n) is 6.12. The van der Waals surface area contributed by atoms with E-state index in [4.69, 9.17) is 4.42 Å². The van der Waals surface area contributed by atoms with Crippen molar-refractivity contribution in [1.29, 1.82) is 0 Å². The number of carbonyl (C=O) groups is 1. The first-order valence-electron chi connectivity index (χ1n) is 8.43. The van der Waals surface area contributed by atoms with Gasteiger partial charge in [-0.25, -0.2) is 8.42 Å². The van der Waals surface area contributed by atoms with Gasteiger partial charge in [0.15, 0.2) is 0 Å². The normalized spacial score (nSPS) is 15.6. The van der Waals surface area contributed by atoms with Crippen LogP contribution in [0.3, 0.4) is 0 Å². The third kappa shape index (κ3) is 4.34. The lowest BCUT2D eigenvalue weighted by atomic mass is 10.2. The molecule has 0 saturated carbocycles. The molecule has 0 spiro atoms. The van der Waals surface area contributed by atoms with Gasteiger partial charge in [-0.15, -0.1) is 0 Å². The first-order chi connectivity index (χ1) is 12.9. The van der Waals surface area contributed by atoms with E-state index in [1.807, 2.05) is 0 Å². The van der Waals surface area contributed by atoms with Crippen molar-refractivity contribution in [3.8, 4) is 0 Å². The molecule has 1 aromatic carbocycles.